The molecule has 84 valence electrons. The standard InChI is InChI=1S/C9H2ClF3INO/c10-8(16)5-2-1-4(3-15)7(14)6(5)9(11,12)13/h1-2H. The first-order chi connectivity index (χ1) is 7.29. The Balaban J connectivity index is 3.64. The highest BCUT2D eigenvalue weighted by Crippen LogP contribution is 2.37. The molecule has 0 bridgehead atoms. The maximum atomic E-state index is 12.7. The molecule has 1 aromatic carbocycles. The lowest BCUT2D eigenvalue weighted by Crippen LogP contribution is -2.14. The summed E-state index contributed by atoms with van der Waals surface area (Å²) in [5.74, 6) is 0. The highest BCUT2D eigenvalue weighted by Gasteiger charge is 2.38. The number of hydrogen-bond donors (Lipinski definition) is 0. The summed E-state index contributed by atoms with van der Waals surface area (Å²) in [4.78, 5) is 10.8. The van der Waals surface area contributed by atoms with E-state index in [0.717, 1.165) is 12.1 Å². The Morgan fingerprint density at radius 1 is 1.44 bits per heavy atom. The molecule has 16 heavy (non-hydrogen) atoms. The van der Waals surface area contributed by atoms with E-state index in [4.69, 9.17) is 16.9 Å². The van der Waals surface area contributed by atoms with Gasteiger partial charge in [0.2, 0.25) is 0 Å². The van der Waals surface area contributed by atoms with E-state index >= 15 is 0 Å². The van der Waals surface area contributed by atoms with Crippen LogP contribution >= 0.6 is 34.2 Å². The van der Waals surface area contributed by atoms with Crippen LogP contribution in [-0.2, 0) is 6.18 Å². The number of alkyl halides is 3. The van der Waals surface area contributed by atoms with Gasteiger partial charge in [-0.1, -0.05) is 0 Å². The van der Waals surface area contributed by atoms with Gasteiger partial charge in [0.1, 0.15) is 6.07 Å². The van der Waals surface area contributed by atoms with Gasteiger partial charge in [0, 0.05) is 9.13 Å². The molecule has 2 nitrogen and oxygen atoms in total. The summed E-state index contributed by atoms with van der Waals surface area (Å²) in [6.45, 7) is 0. The molecule has 0 atom stereocenters. The fourth-order valence-corrected chi connectivity index (χ4v) is 2.16. The maximum absolute atomic E-state index is 12.7. The molecule has 1 aromatic rings. The molecule has 0 aliphatic heterocycles. The van der Waals surface area contributed by atoms with Crippen molar-refractivity contribution in [1.82, 2.24) is 0 Å². The lowest BCUT2D eigenvalue weighted by Gasteiger charge is -2.13. The van der Waals surface area contributed by atoms with Crippen LogP contribution in [0.4, 0.5) is 13.2 Å². The van der Waals surface area contributed by atoms with Gasteiger partial charge < -0.3 is 0 Å². The van der Waals surface area contributed by atoms with Crippen LogP contribution in [0.25, 0.3) is 0 Å². The predicted molar refractivity (Wildman–Crippen MR) is 59.1 cm³/mol. The molecule has 0 aromatic heterocycles. The van der Waals surface area contributed by atoms with Gasteiger partial charge in [0.25, 0.3) is 5.24 Å². The van der Waals surface area contributed by atoms with Crippen LogP contribution in [-0.4, -0.2) is 5.24 Å². The molecule has 1 rings (SSSR count). The molecular formula is C9H2ClF3INO. The van der Waals surface area contributed by atoms with E-state index in [0.29, 0.717) is 0 Å². The number of nitriles is 1. The number of nitrogens with zero attached hydrogens (tertiary/aromatic N) is 1. The van der Waals surface area contributed by atoms with E-state index in [2.05, 4.69) is 0 Å². The van der Waals surface area contributed by atoms with E-state index in [1.54, 1.807) is 6.07 Å². The Labute approximate surface area is 107 Å². The van der Waals surface area contributed by atoms with Crippen molar-refractivity contribution in [3.63, 3.8) is 0 Å². The molecule has 0 saturated heterocycles. The Kier molecular flexibility index (Phi) is 3.80. The highest BCUT2D eigenvalue weighted by atomic mass is 127. The summed E-state index contributed by atoms with van der Waals surface area (Å²) in [6, 6.07) is 3.65. The average Bonchev–Trinajstić information content (AvgIpc) is 2.14. The topological polar surface area (TPSA) is 40.9 Å². The van der Waals surface area contributed by atoms with E-state index in [1.807, 2.05) is 0 Å². The number of halogens is 5. The Morgan fingerprint density at radius 2 is 2.00 bits per heavy atom. The Morgan fingerprint density at radius 3 is 2.38 bits per heavy atom. The second-order valence-corrected chi connectivity index (χ2v) is 4.15. The highest BCUT2D eigenvalue weighted by molar-refractivity contribution is 14.1. The third kappa shape index (κ3) is 2.47. The van der Waals surface area contributed by atoms with Crippen LogP contribution in [0.1, 0.15) is 21.5 Å². The molecule has 0 heterocycles. The zero-order valence-corrected chi connectivity index (χ0v) is 10.3. The third-order valence-electron chi connectivity index (χ3n) is 1.76. The molecule has 0 fully saturated rings. The second kappa shape index (κ2) is 4.59. The lowest BCUT2D eigenvalue weighted by molar-refractivity contribution is -0.138. The second-order valence-electron chi connectivity index (χ2n) is 2.73. The molecule has 0 amide bonds. The number of rotatable bonds is 1. The van der Waals surface area contributed by atoms with Crippen molar-refractivity contribution >= 4 is 39.4 Å². The average molecular weight is 359 g/mol. The number of carbonyl (C=O) groups is 1. The minimum atomic E-state index is -4.72. The monoisotopic (exact) mass is 359 g/mol. The first-order valence-corrected chi connectivity index (χ1v) is 5.24. The van der Waals surface area contributed by atoms with Crippen molar-refractivity contribution in [2.24, 2.45) is 0 Å². The summed E-state index contributed by atoms with van der Waals surface area (Å²) in [5, 5.41) is 7.40. The van der Waals surface area contributed by atoms with Crippen molar-refractivity contribution in [2.45, 2.75) is 6.18 Å². The van der Waals surface area contributed by atoms with Crippen molar-refractivity contribution in [2.75, 3.05) is 0 Å². The van der Waals surface area contributed by atoms with Gasteiger partial charge in [-0.05, 0) is 46.3 Å². The fourth-order valence-electron chi connectivity index (χ4n) is 1.10. The van der Waals surface area contributed by atoms with Gasteiger partial charge in [-0.2, -0.15) is 18.4 Å². The summed E-state index contributed by atoms with van der Waals surface area (Å²) in [5.41, 5.74) is -1.95. The van der Waals surface area contributed by atoms with Crippen LogP contribution < -0.4 is 0 Å². The predicted octanol–water partition coefficient (Wildman–Crippen LogP) is 3.56. The van der Waals surface area contributed by atoms with Gasteiger partial charge in [0.05, 0.1) is 11.1 Å². The van der Waals surface area contributed by atoms with E-state index < -0.39 is 22.5 Å². The van der Waals surface area contributed by atoms with Crippen LogP contribution in [0, 0.1) is 14.9 Å². The van der Waals surface area contributed by atoms with Gasteiger partial charge in [-0.3, -0.25) is 4.79 Å². The minimum absolute atomic E-state index is 0.144. The zero-order chi connectivity index (χ0) is 12.5. The van der Waals surface area contributed by atoms with E-state index in [1.165, 1.54) is 22.6 Å². The van der Waals surface area contributed by atoms with Crippen molar-refractivity contribution < 1.29 is 18.0 Å². The van der Waals surface area contributed by atoms with Crippen LogP contribution in [0.15, 0.2) is 12.1 Å². The quantitative estimate of drug-likeness (QED) is 0.568. The molecule has 0 N–H and O–H groups in total. The van der Waals surface area contributed by atoms with Gasteiger partial charge in [0.15, 0.2) is 0 Å². The Hall–Kier alpha value is -0.810. The summed E-state index contributed by atoms with van der Waals surface area (Å²) in [7, 11) is 0. The molecule has 0 aliphatic carbocycles. The van der Waals surface area contributed by atoms with Crippen molar-refractivity contribution in [3.05, 3.63) is 32.4 Å². The molecule has 0 spiro atoms. The molecule has 0 unspecified atom stereocenters. The lowest BCUT2D eigenvalue weighted by atomic mass is 10.0. The van der Waals surface area contributed by atoms with Crippen LogP contribution in [0.5, 0.6) is 0 Å². The Bertz CT molecular complexity index is 493. The molecule has 7 heteroatoms. The summed E-state index contributed by atoms with van der Waals surface area (Å²) < 4.78 is 37.7. The SMILES string of the molecule is N#Cc1ccc(C(=O)Cl)c(C(F)(F)F)c1I. The number of hydrogen-bond acceptors (Lipinski definition) is 2. The van der Waals surface area contributed by atoms with E-state index in [-0.39, 0.29) is 9.13 Å². The smallest absolute Gasteiger partial charge is 0.276 e. The number of carbonyl (C=O) groups excluding carboxylic acids is 1. The summed E-state index contributed by atoms with van der Waals surface area (Å²) in [6.07, 6.45) is -4.72. The molecule has 0 aliphatic rings. The molecular weight excluding hydrogens is 357 g/mol. The normalized spacial score (nSPS) is 11.0. The minimum Gasteiger partial charge on any atom is -0.276 e. The molecule has 0 radical (unpaired) electrons. The maximum Gasteiger partial charge on any atom is 0.418 e. The van der Waals surface area contributed by atoms with E-state index in [9.17, 15) is 18.0 Å². The molecule has 0 saturated carbocycles. The first kappa shape index (κ1) is 13.3. The summed E-state index contributed by atoms with van der Waals surface area (Å²) >= 11 is 6.43. The van der Waals surface area contributed by atoms with Gasteiger partial charge in [-0.25, -0.2) is 0 Å². The largest absolute Gasteiger partial charge is 0.418 e. The number of benzene rings is 1. The van der Waals surface area contributed by atoms with Crippen LogP contribution in [0.2, 0.25) is 0 Å². The fraction of sp³-hybridized carbons (Fsp3) is 0.111. The first-order valence-electron chi connectivity index (χ1n) is 3.78. The van der Waals surface area contributed by atoms with Crippen molar-refractivity contribution in [3.8, 4) is 6.07 Å². The zero-order valence-electron chi connectivity index (χ0n) is 7.40. The van der Waals surface area contributed by atoms with Crippen LogP contribution in [0.3, 0.4) is 0 Å². The van der Waals surface area contributed by atoms with Gasteiger partial charge >= 0.3 is 6.18 Å². The van der Waals surface area contributed by atoms with Gasteiger partial charge in [-0.15, -0.1) is 0 Å². The van der Waals surface area contributed by atoms with Crippen molar-refractivity contribution in [1.29, 1.82) is 5.26 Å². The third-order valence-corrected chi connectivity index (χ3v) is 3.08.